The van der Waals surface area contributed by atoms with Gasteiger partial charge in [0.25, 0.3) is 0 Å². The van der Waals surface area contributed by atoms with Gasteiger partial charge in [0.2, 0.25) is 0 Å². The molecule has 0 bridgehead atoms. The molecule has 0 aliphatic heterocycles. The summed E-state index contributed by atoms with van der Waals surface area (Å²) in [5.74, 6) is 10.6. The fourth-order valence-corrected chi connectivity index (χ4v) is 8.24. The summed E-state index contributed by atoms with van der Waals surface area (Å²) in [6.07, 6.45) is 30.1. The van der Waals surface area contributed by atoms with Crippen molar-refractivity contribution in [3.05, 3.63) is 0 Å². The van der Waals surface area contributed by atoms with E-state index in [-0.39, 0.29) is 0 Å². The summed E-state index contributed by atoms with van der Waals surface area (Å²) in [5, 5.41) is 0. The molecule has 1 aliphatic carbocycles. The van der Waals surface area contributed by atoms with Gasteiger partial charge in [-0.2, -0.15) is 0 Å². The second-order valence-corrected chi connectivity index (χ2v) is 36.2. The molecule has 0 amide bonds. The van der Waals surface area contributed by atoms with Crippen LogP contribution in [-0.4, -0.2) is 0 Å². The van der Waals surface area contributed by atoms with E-state index < -0.39 is 0 Å². The lowest BCUT2D eigenvalue weighted by Crippen LogP contribution is -2.29. The molecule has 0 heterocycles. The van der Waals surface area contributed by atoms with E-state index >= 15 is 0 Å². The topological polar surface area (TPSA) is 0 Å². The number of hydrogen-bond donors (Lipinski definition) is 0. The van der Waals surface area contributed by atoms with Crippen LogP contribution in [0.1, 0.15) is 474 Å². The highest BCUT2D eigenvalue weighted by Crippen LogP contribution is 2.43. The third kappa shape index (κ3) is 88.0. The SMILES string of the molecule is CC(C(C)(C)C)C(C)(C)C.CC(C)C.CC(C)C(C)(C)C.CC(C)C(C)C(C)C.CCC(C)(C)C.CCC(C)(C)CC.CCC(C)(CC)C1CCCCC1.CCC(C)C.CCC(C)C(C)CC.CCC(C)CC.CCC(CC)(CC)CC.CCCC(C)CC. The van der Waals surface area contributed by atoms with Crippen molar-refractivity contribution < 1.29 is 0 Å². The third-order valence-corrected chi connectivity index (χ3v) is 22.6. The Morgan fingerprint density at radius 2 is 0.596 bits per heavy atom. The van der Waals surface area contributed by atoms with Crippen LogP contribution in [0.3, 0.4) is 0 Å². The zero-order chi connectivity index (χ0) is 74.0. The fourth-order valence-electron chi connectivity index (χ4n) is 8.24. The van der Waals surface area contributed by atoms with Crippen molar-refractivity contribution in [1.29, 1.82) is 0 Å². The normalized spacial score (nSPS) is 13.9. The highest BCUT2D eigenvalue weighted by molar-refractivity contribution is 4.83. The first-order chi connectivity index (χ1) is 40.1. The second kappa shape index (κ2) is 66.6. The average molecular weight is 1270 g/mol. The summed E-state index contributed by atoms with van der Waals surface area (Å²) < 4.78 is 0. The molecule has 0 N–H and O–H groups in total. The number of rotatable bonds is 20. The minimum atomic E-state index is 0.443. The van der Waals surface area contributed by atoms with Crippen LogP contribution in [0.25, 0.3) is 0 Å². The van der Waals surface area contributed by atoms with Crippen molar-refractivity contribution in [2.45, 2.75) is 474 Å². The van der Waals surface area contributed by atoms with E-state index in [0.29, 0.717) is 37.9 Å². The molecule has 0 saturated heterocycles. The zero-order valence-corrected chi connectivity index (χ0v) is 74.0. The molecule has 3 atom stereocenters. The summed E-state index contributed by atoms with van der Waals surface area (Å²) in [6.45, 7) is 109. The molecule has 1 aliphatic rings. The molecular weight excluding hydrogens is 1070 g/mol. The maximum atomic E-state index is 2.49. The van der Waals surface area contributed by atoms with Crippen LogP contribution in [-0.2, 0) is 0 Å². The second-order valence-electron chi connectivity index (χ2n) is 36.2. The van der Waals surface area contributed by atoms with Gasteiger partial charge in [0.1, 0.15) is 0 Å². The van der Waals surface area contributed by atoms with E-state index in [1.165, 1.54) is 141 Å². The Labute approximate surface area is 579 Å². The van der Waals surface area contributed by atoms with E-state index in [1.54, 1.807) is 0 Å². The van der Waals surface area contributed by atoms with Gasteiger partial charge in [-0.25, -0.2) is 0 Å². The van der Waals surface area contributed by atoms with E-state index in [2.05, 4.69) is 332 Å². The molecule has 0 spiro atoms. The summed E-state index contributed by atoms with van der Waals surface area (Å²) in [5.41, 5.74) is 3.83. The fraction of sp³-hybridized carbons (Fsp3) is 1.00. The van der Waals surface area contributed by atoms with Crippen LogP contribution < -0.4 is 0 Å². The molecule has 3 unspecified atom stereocenters. The first-order valence-electron chi connectivity index (χ1n) is 40.1. The molecule has 1 rings (SSSR count). The van der Waals surface area contributed by atoms with Gasteiger partial charge < -0.3 is 0 Å². The maximum absolute atomic E-state index is 2.49. The van der Waals surface area contributed by atoms with E-state index in [4.69, 9.17) is 0 Å². The average Bonchev–Trinajstić information content (AvgIpc) is 3.47. The van der Waals surface area contributed by atoms with Crippen LogP contribution in [0.15, 0.2) is 0 Å². The smallest absolute Gasteiger partial charge is 0.0303 e. The molecule has 0 radical (unpaired) electrons. The quantitative estimate of drug-likeness (QED) is 0.114. The monoisotopic (exact) mass is 1270 g/mol. The molecule has 0 heteroatoms. The Hall–Kier alpha value is 0. The van der Waals surface area contributed by atoms with Gasteiger partial charge in [0.05, 0.1) is 0 Å². The van der Waals surface area contributed by atoms with Gasteiger partial charge in [0, 0.05) is 0 Å². The van der Waals surface area contributed by atoms with Crippen molar-refractivity contribution in [1.82, 2.24) is 0 Å². The Morgan fingerprint density at radius 3 is 0.674 bits per heavy atom. The van der Waals surface area contributed by atoms with Crippen molar-refractivity contribution in [2.75, 3.05) is 0 Å². The van der Waals surface area contributed by atoms with Crippen LogP contribution >= 0.6 is 0 Å². The highest BCUT2D eigenvalue weighted by Gasteiger charge is 2.32. The molecular formula is C89H200. The minimum absolute atomic E-state index is 0.443. The Kier molecular flexibility index (Phi) is 84.8. The van der Waals surface area contributed by atoms with E-state index in [0.717, 1.165) is 71.0 Å². The number of hydrogen-bond acceptors (Lipinski definition) is 0. The van der Waals surface area contributed by atoms with Crippen LogP contribution in [0.4, 0.5) is 0 Å². The van der Waals surface area contributed by atoms with Gasteiger partial charge in [-0.15, -0.1) is 0 Å². The van der Waals surface area contributed by atoms with E-state index in [1.807, 2.05) is 0 Å². The molecule has 0 nitrogen and oxygen atoms in total. The van der Waals surface area contributed by atoms with E-state index in [9.17, 15) is 0 Å². The van der Waals surface area contributed by atoms with Gasteiger partial charge in [0.15, 0.2) is 0 Å². The minimum Gasteiger partial charge on any atom is -0.0654 e. The van der Waals surface area contributed by atoms with Crippen molar-refractivity contribution >= 4 is 0 Å². The first kappa shape index (κ1) is 113. The lowest BCUT2D eigenvalue weighted by molar-refractivity contribution is 0.121. The molecule has 0 aromatic heterocycles. The molecule has 1 saturated carbocycles. The summed E-state index contributed by atoms with van der Waals surface area (Å²) in [4.78, 5) is 0. The maximum Gasteiger partial charge on any atom is -0.0303 e. The first-order valence-corrected chi connectivity index (χ1v) is 40.1. The van der Waals surface area contributed by atoms with Crippen molar-refractivity contribution in [3.8, 4) is 0 Å². The van der Waals surface area contributed by atoms with Gasteiger partial charge in [-0.3, -0.25) is 0 Å². The third-order valence-electron chi connectivity index (χ3n) is 22.6. The zero-order valence-electron chi connectivity index (χ0n) is 74.0. The van der Waals surface area contributed by atoms with Crippen LogP contribution in [0, 0.1) is 109 Å². The molecule has 0 aromatic rings. The summed E-state index contributed by atoms with van der Waals surface area (Å²) in [6, 6.07) is 0. The largest absolute Gasteiger partial charge is 0.0654 e. The predicted molar refractivity (Wildman–Crippen MR) is 433 cm³/mol. The van der Waals surface area contributed by atoms with Crippen molar-refractivity contribution in [2.24, 2.45) is 109 Å². The Bertz CT molecular complexity index is 1200. The van der Waals surface area contributed by atoms with Crippen molar-refractivity contribution in [3.63, 3.8) is 0 Å². The molecule has 1 fully saturated rings. The standard InChI is InChI=1S/C12H24.C10H22.C9H20.2C8H18.3C7H16.2C6H14.C5H12.C4H10/c1-4-12(3,5-2)11-9-7-6-8-10-11;1-8(9(2,3)4)10(5,6)7;1-5-9(6-2,7-3)8-4;1-6(2)8(5)7(3)4;1-5-7(3)8(4)6-2;1-6(2)7(3,4)5;1-5-7(3,4)6-2;1-4-6-7(3)5-2;1-5-6(2,3)4;1-4-6(3)5-2;1-4-5(2)3;1-4(2)3/h11H,4-10H2,1-3H3;8H,1-7H3;5-8H2,1-4H3;6-8H,1-5H3;7-8H,5-6H2,1-4H3;6H,1-5H3;5-6H2,1-4H3;7H,4-6H2,1-3H3;5H2,1-4H3;6H,4-5H2,1-3H3;5H,4H2,1-3H3;4H,1-3H3. The van der Waals surface area contributed by atoms with Gasteiger partial charge in [-0.1, -0.05) is 461 Å². The van der Waals surface area contributed by atoms with Gasteiger partial charge in [-0.05, 0) is 122 Å². The highest BCUT2D eigenvalue weighted by atomic mass is 14.4. The lowest BCUT2D eigenvalue weighted by atomic mass is 9.67. The van der Waals surface area contributed by atoms with Gasteiger partial charge >= 0.3 is 0 Å². The van der Waals surface area contributed by atoms with Crippen LogP contribution in [0.2, 0.25) is 0 Å². The Morgan fingerprint density at radius 1 is 0.326 bits per heavy atom. The molecule has 556 valence electrons. The predicted octanol–water partition coefficient (Wildman–Crippen LogP) is 34.7. The summed E-state index contributed by atoms with van der Waals surface area (Å²) >= 11 is 0. The molecule has 89 heavy (non-hydrogen) atoms. The molecule has 0 aromatic carbocycles. The summed E-state index contributed by atoms with van der Waals surface area (Å²) in [7, 11) is 0. The van der Waals surface area contributed by atoms with Crippen LogP contribution in [0.5, 0.6) is 0 Å². The lowest BCUT2D eigenvalue weighted by Gasteiger charge is -2.38. The Balaban J connectivity index is -0.0000000837.